The third-order valence-corrected chi connectivity index (χ3v) is 4.21. The van der Waals surface area contributed by atoms with Gasteiger partial charge in [0.05, 0.1) is 11.2 Å². The van der Waals surface area contributed by atoms with Crippen molar-refractivity contribution < 1.29 is 0 Å². The number of nitrogens with zero attached hydrogens (tertiary/aromatic N) is 2. The largest absolute Gasteiger partial charge is 0.238 e. The summed E-state index contributed by atoms with van der Waals surface area (Å²) in [7, 11) is 0. The Labute approximate surface area is 132 Å². The van der Waals surface area contributed by atoms with Gasteiger partial charge in [-0.05, 0) is 49.1 Å². The topological polar surface area (TPSA) is 25.8 Å². The number of fused-ring (bicyclic) bond motifs is 3. The maximum atomic E-state index is 4.75. The number of aromatic nitrogens is 2. The van der Waals surface area contributed by atoms with Gasteiger partial charge in [-0.3, -0.25) is 0 Å². The van der Waals surface area contributed by atoms with Crippen LogP contribution in [0.25, 0.3) is 21.7 Å². The third-order valence-electron chi connectivity index (χ3n) is 4.21. The maximum absolute atomic E-state index is 4.75. The van der Waals surface area contributed by atoms with E-state index in [2.05, 4.69) is 56.9 Å². The van der Waals surface area contributed by atoms with Crippen molar-refractivity contribution in [3.8, 4) is 0 Å². The zero-order valence-corrected chi connectivity index (χ0v) is 14.2. The zero-order valence-electron chi connectivity index (χ0n) is 14.2. The molecule has 3 aromatic rings. The molecule has 0 bridgehead atoms. The molecule has 2 aromatic carbocycles. The Bertz CT molecular complexity index is 847. The van der Waals surface area contributed by atoms with E-state index in [1.807, 2.05) is 6.92 Å². The predicted molar refractivity (Wildman–Crippen MR) is 94.4 cm³/mol. The summed E-state index contributed by atoms with van der Waals surface area (Å²) in [6.45, 7) is 10.9. The first-order valence-electron chi connectivity index (χ1n) is 8.19. The molecule has 3 rings (SSSR count). The predicted octanol–water partition coefficient (Wildman–Crippen LogP) is 5.16. The van der Waals surface area contributed by atoms with Crippen LogP contribution in [0.15, 0.2) is 24.3 Å². The number of aryl methyl sites for hydroxylation is 3. The molecule has 2 heteroatoms. The summed E-state index contributed by atoms with van der Waals surface area (Å²) in [5, 5.41) is 3.77. The first-order chi connectivity index (χ1) is 10.5. The van der Waals surface area contributed by atoms with Gasteiger partial charge in [0.1, 0.15) is 5.82 Å². The molecule has 2 nitrogen and oxygen atoms in total. The molecule has 114 valence electrons. The van der Waals surface area contributed by atoms with Crippen molar-refractivity contribution in [2.75, 3.05) is 0 Å². The lowest BCUT2D eigenvalue weighted by Crippen LogP contribution is -1.99. The van der Waals surface area contributed by atoms with Crippen LogP contribution in [-0.4, -0.2) is 9.97 Å². The highest BCUT2D eigenvalue weighted by molar-refractivity contribution is 6.07. The first-order valence-corrected chi connectivity index (χ1v) is 8.19. The lowest BCUT2D eigenvalue weighted by Gasteiger charge is -2.13. The summed E-state index contributed by atoms with van der Waals surface area (Å²) in [6.07, 6.45) is 2.06. The molecule has 1 heterocycles. The Hall–Kier alpha value is -1.96. The monoisotopic (exact) mass is 292 g/mol. The smallest absolute Gasteiger partial charge is 0.126 e. The van der Waals surface area contributed by atoms with Gasteiger partial charge in [-0.2, -0.15) is 0 Å². The SMILES string of the molecule is CCc1nc(C)nc2c1ccc1cc(CC(C)C)cc(C)c12. The van der Waals surface area contributed by atoms with E-state index in [1.54, 1.807) is 0 Å². The van der Waals surface area contributed by atoms with E-state index in [9.17, 15) is 0 Å². The van der Waals surface area contributed by atoms with Crippen LogP contribution in [0.1, 0.15) is 43.4 Å². The van der Waals surface area contributed by atoms with Crippen molar-refractivity contribution in [2.24, 2.45) is 5.92 Å². The molecule has 0 saturated heterocycles. The van der Waals surface area contributed by atoms with E-state index in [1.165, 1.54) is 27.3 Å². The fraction of sp³-hybridized carbons (Fsp3) is 0.400. The highest BCUT2D eigenvalue weighted by atomic mass is 14.9. The average molecular weight is 292 g/mol. The van der Waals surface area contributed by atoms with Crippen molar-refractivity contribution in [3.63, 3.8) is 0 Å². The van der Waals surface area contributed by atoms with Crippen LogP contribution in [0.4, 0.5) is 0 Å². The lowest BCUT2D eigenvalue weighted by molar-refractivity contribution is 0.647. The molecule has 0 saturated carbocycles. The first kappa shape index (κ1) is 15.0. The van der Waals surface area contributed by atoms with Crippen molar-refractivity contribution in [3.05, 3.63) is 46.9 Å². The van der Waals surface area contributed by atoms with Crippen LogP contribution in [0.5, 0.6) is 0 Å². The van der Waals surface area contributed by atoms with Gasteiger partial charge >= 0.3 is 0 Å². The van der Waals surface area contributed by atoms with Gasteiger partial charge in [0.25, 0.3) is 0 Å². The third kappa shape index (κ3) is 2.58. The second kappa shape index (κ2) is 5.68. The minimum Gasteiger partial charge on any atom is -0.238 e. The van der Waals surface area contributed by atoms with Crippen LogP contribution in [0, 0.1) is 19.8 Å². The Morgan fingerprint density at radius 1 is 1.05 bits per heavy atom. The fourth-order valence-corrected chi connectivity index (χ4v) is 3.38. The van der Waals surface area contributed by atoms with Crippen molar-refractivity contribution in [1.29, 1.82) is 0 Å². The lowest BCUT2D eigenvalue weighted by atomic mass is 9.94. The summed E-state index contributed by atoms with van der Waals surface area (Å²) < 4.78 is 0. The number of benzene rings is 2. The molecule has 1 aromatic heterocycles. The molecule has 22 heavy (non-hydrogen) atoms. The number of rotatable bonds is 3. The minimum absolute atomic E-state index is 0.675. The molecular weight excluding hydrogens is 268 g/mol. The summed E-state index contributed by atoms with van der Waals surface area (Å²) in [5.41, 5.74) is 4.99. The molecular formula is C20H24N2. The normalized spacial score (nSPS) is 11.7. The van der Waals surface area contributed by atoms with Gasteiger partial charge in [-0.1, -0.05) is 45.0 Å². The Morgan fingerprint density at radius 3 is 2.50 bits per heavy atom. The molecule has 0 radical (unpaired) electrons. The maximum Gasteiger partial charge on any atom is 0.126 e. The van der Waals surface area contributed by atoms with Crippen LogP contribution in [0.3, 0.4) is 0 Å². The van der Waals surface area contributed by atoms with Gasteiger partial charge in [-0.15, -0.1) is 0 Å². The molecule has 0 spiro atoms. The Kier molecular flexibility index (Phi) is 3.86. The molecule has 0 atom stereocenters. The van der Waals surface area contributed by atoms with Gasteiger partial charge in [0.15, 0.2) is 0 Å². The van der Waals surface area contributed by atoms with E-state index < -0.39 is 0 Å². The van der Waals surface area contributed by atoms with Gasteiger partial charge < -0.3 is 0 Å². The average Bonchev–Trinajstić information content (AvgIpc) is 2.44. The minimum atomic E-state index is 0.675. The molecule has 0 amide bonds. The molecule has 0 aliphatic carbocycles. The van der Waals surface area contributed by atoms with Crippen LogP contribution >= 0.6 is 0 Å². The van der Waals surface area contributed by atoms with Crippen LogP contribution in [0.2, 0.25) is 0 Å². The molecule has 0 aliphatic heterocycles. The fourth-order valence-electron chi connectivity index (χ4n) is 3.38. The van der Waals surface area contributed by atoms with Gasteiger partial charge in [0.2, 0.25) is 0 Å². The number of hydrogen-bond donors (Lipinski definition) is 0. The standard InChI is InChI=1S/C20H24N2/c1-6-18-17-8-7-16-11-15(9-12(2)3)10-13(4)19(16)20(17)22-14(5)21-18/h7-8,10-12H,6,9H2,1-5H3. The van der Waals surface area contributed by atoms with E-state index >= 15 is 0 Å². The summed E-state index contributed by atoms with van der Waals surface area (Å²) in [4.78, 5) is 9.35. The Morgan fingerprint density at radius 2 is 1.82 bits per heavy atom. The van der Waals surface area contributed by atoms with E-state index in [-0.39, 0.29) is 0 Å². The molecule has 0 unspecified atom stereocenters. The second-order valence-electron chi connectivity index (χ2n) is 6.64. The van der Waals surface area contributed by atoms with Gasteiger partial charge in [-0.25, -0.2) is 9.97 Å². The quantitative estimate of drug-likeness (QED) is 0.623. The Balaban J connectivity index is 2.34. The molecule has 0 aliphatic rings. The van der Waals surface area contributed by atoms with Gasteiger partial charge in [0, 0.05) is 10.8 Å². The molecule has 0 N–H and O–H groups in total. The van der Waals surface area contributed by atoms with Crippen molar-refractivity contribution in [2.45, 2.75) is 47.5 Å². The van der Waals surface area contributed by atoms with E-state index in [4.69, 9.17) is 4.98 Å². The summed E-state index contributed by atoms with van der Waals surface area (Å²) in [6, 6.07) is 9.07. The highest BCUT2D eigenvalue weighted by Crippen LogP contribution is 2.30. The number of hydrogen-bond acceptors (Lipinski definition) is 2. The highest BCUT2D eigenvalue weighted by Gasteiger charge is 2.11. The summed E-state index contributed by atoms with van der Waals surface area (Å²) >= 11 is 0. The molecule has 0 fully saturated rings. The zero-order chi connectivity index (χ0) is 15.9. The van der Waals surface area contributed by atoms with Crippen LogP contribution < -0.4 is 0 Å². The van der Waals surface area contributed by atoms with E-state index in [0.29, 0.717) is 5.92 Å². The second-order valence-corrected chi connectivity index (χ2v) is 6.64. The van der Waals surface area contributed by atoms with Crippen LogP contribution in [-0.2, 0) is 12.8 Å². The van der Waals surface area contributed by atoms with E-state index in [0.717, 1.165) is 29.9 Å². The summed E-state index contributed by atoms with van der Waals surface area (Å²) in [5.74, 6) is 1.54. The van der Waals surface area contributed by atoms with Crippen molar-refractivity contribution in [1.82, 2.24) is 9.97 Å². The van der Waals surface area contributed by atoms with Crippen molar-refractivity contribution >= 4 is 21.7 Å².